The fraction of sp³-hybridized carbons (Fsp3) is 0.786. The third-order valence-electron chi connectivity index (χ3n) is 3.60. The largest absolute Gasteiger partial charge is 0.355 e. The lowest BCUT2D eigenvalue weighted by molar-refractivity contribution is -0.120. The van der Waals surface area contributed by atoms with Gasteiger partial charge in [0.05, 0.1) is 5.25 Å². The maximum Gasteiger partial charge on any atom is 0.233 e. The minimum Gasteiger partial charge on any atom is -0.355 e. The Balaban J connectivity index is 1.63. The van der Waals surface area contributed by atoms with Gasteiger partial charge in [0.25, 0.3) is 0 Å². The van der Waals surface area contributed by atoms with Gasteiger partial charge >= 0.3 is 0 Å². The fourth-order valence-electron chi connectivity index (χ4n) is 2.54. The van der Waals surface area contributed by atoms with Gasteiger partial charge in [-0.05, 0) is 50.7 Å². The molecule has 0 aromatic heterocycles. The molecule has 1 atom stereocenters. The first kappa shape index (κ1) is 13.0. The van der Waals surface area contributed by atoms with E-state index < -0.39 is 0 Å². The topological polar surface area (TPSA) is 29.1 Å². The van der Waals surface area contributed by atoms with Gasteiger partial charge in [-0.15, -0.1) is 11.8 Å². The van der Waals surface area contributed by atoms with Crippen LogP contribution in [0.25, 0.3) is 0 Å². The third-order valence-corrected chi connectivity index (χ3v) is 4.98. The quantitative estimate of drug-likeness (QED) is 0.779. The van der Waals surface area contributed by atoms with E-state index >= 15 is 0 Å². The summed E-state index contributed by atoms with van der Waals surface area (Å²) >= 11 is 1.83. The van der Waals surface area contributed by atoms with E-state index in [1.807, 2.05) is 11.8 Å². The zero-order chi connectivity index (χ0) is 11.9. The smallest absolute Gasteiger partial charge is 0.233 e. The number of hydrogen-bond acceptors (Lipinski definition) is 2. The molecule has 0 aromatic rings. The van der Waals surface area contributed by atoms with Crippen LogP contribution in [0.15, 0.2) is 11.6 Å². The summed E-state index contributed by atoms with van der Waals surface area (Å²) in [4.78, 5) is 11.9. The summed E-state index contributed by atoms with van der Waals surface area (Å²) < 4.78 is 0. The standard InChI is InChI=1S/C14H23NOS/c16-14(13-8-4-5-11-17-13)15-10-9-12-6-2-1-3-7-12/h6,13H,1-5,7-11H2,(H,15,16). The summed E-state index contributed by atoms with van der Waals surface area (Å²) in [6.45, 7) is 0.835. The second-order valence-electron chi connectivity index (χ2n) is 5.00. The maximum atomic E-state index is 11.9. The van der Waals surface area contributed by atoms with Gasteiger partial charge in [0.2, 0.25) is 5.91 Å². The molecule has 0 aromatic carbocycles. The lowest BCUT2D eigenvalue weighted by Crippen LogP contribution is -2.34. The second-order valence-corrected chi connectivity index (χ2v) is 6.32. The van der Waals surface area contributed by atoms with Gasteiger partial charge in [-0.25, -0.2) is 0 Å². The molecule has 1 heterocycles. The zero-order valence-electron chi connectivity index (χ0n) is 10.5. The van der Waals surface area contributed by atoms with Gasteiger partial charge in [-0.3, -0.25) is 4.79 Å². The first-order valence-electron chi connectivity index (χ1n) is 6.93. The highest BCUT2D eigenvalue weighted by molar-refractivity contribution is 8.00. The maximum absolute atomic E-state index is 11.9. The van der Waals surface area contributed by atoms with Crippen LogP contribution in [-0.2, 0) is 4.79 Å². The van der Waals surface area contributed by atoms with Crippen LogP contribution in [0.1, 0.15) is 51.4 Å². The van der Waals surface area contributed by atoms with Crippen molar-refractivity contribution in [2.24, 2.45) is 0 Å². The van der Waals surface area contributed by atoms with Crippen molar-refractivity contribution in [3.8, 4) is 0 Å². The van der Waals surface area contributed by atoms with E-state index in [1.165, 1.54) is 38.5 Å². The number of hydrogen-bond donors (Lipinski definition) is 1. The summed E-state index contributed by atoms with van der Waals surface area (Å²) in [5.41, 5.74) is 1.55. The first-order chi connectivity index (χ1) is 8.36. The Kier molecular flexibility index (Phi) is 5.43. The molecule has 3 heteroatoms. The molecule has 1 fully saturated rings. The van der Waals surface area contributed by atoms with Crippen LogP contribution in [0.2, 0.25) is 0 Å². The summed E-state index contributed by atoms with van der Waals surface area (Å²) in [6.07, 6.45) is 12.1. The predicted molar refractivity (Wildman–Crippen MR) is 74.3 cm³/mol. The van der Waals surface area contributed by atoms with Gasteiger partial charge in [0.1, 0.15) is 0 Å². The Labute approximate surface area is 109 Å². The average Bonchev–Trinajstić information content (AvgIpc) is 2.41. The van der Waals surface area contributed by atoms with Crippen molar-refractivity contribution in [1.29, 1.82) is 0 Å². The van der Waals surface area contributed by atoms with Gasteiger partial charge in [-0.1, -0.05) is 18.1 Å². The van der Waals surface area contributed by atoms with Crippen LogP contribution in [0, 0.1) is 0 Å². The van der Waals surface area contributed by atoms with E-state index in [-0.39, 0.29) is 11.2 Å². The van der Waals surface area contributed by atoms with Gasteiger partial charge in [0.15, 0.2) is 0 Å². The van der Waals surface area contributed by atoms with E-state index in [4.69, 9.17) is 0 Å². The molecule has 0 bridgehead atoms. The number of carbonyl (C=O) groups excluding carboxylic acids is 1. The van der Waals surface area contributed by atoms with E-state index in [0.29, 0.717) is 0 Å². The zero-order valence-corrected chi connectivity index (χ0v) is 11.4. The number of carbonyl (C=O) groups is 1. The molecule has 17 heavy (non-hydrogen) atoms. The second kappa shape index (κ2) is 7.10. The Bertz CT molecular complexity index is 282. The van der Waals surface area contributed by atoms with Crippen LogP contribution in [0.3, 0.4) is 0 Å². The predicted octanol–water partition coefficient (Wildman–Crippen LogP) is 3.28. The molecule has 2 rings (SSSR count). The van der Waals surface area contributed by atoms with Crippen molar-refractivity contribution in [2.75, 3.05) is 12.3 Å². The normalized spacial score (nSPS) is 25.2. The average molecular weight is 253 g/mol. The molecule has 1 saturated heterocycles. The fourth-order valence-corrected chi connectivity index (χ4v) is 3.76. The van der Waals surface area contributed by atoms with E-state index in [0.717, 1.165) is 25.1 Å². The highest BCUT2D eigenvalue weighted by atomic mass is 32.2. The molecule has 1 unspecified atom stereocenters. The first-order valence-corrected chi connectivity index (χ1v) is 7.98. The molecule has 1 aliphatic heterocycles. The molecule has 0 saturated carbocycles. The molecule has 1 N–H and O–H groups in total. The van der Waals surface area contributed by atoms with Crippen LogP contribution < -0.4 is 5.32 Å². The lowest BCUT2D eigenvalue weighted by atomic mass is 9.97. The molecule has 96 valence electrons. The number of rotatable bonds is 4. The van der Waals surface area contributed by atoms with E-state index in [9.17, 15) is 4.79 Å². The Hall–Kier alpha value is -0.440. The number of amides is 1. The van der Waals surface area contributed by atoms with Gasteiger partial charge in [0, 0.05) is 6.54 Å². The molecule has 2 nitrogen and oxygen atoms in total. The number of allylic oxidation sites excluding steroid dienone is 1. The van der Waals surface area contributed by atoms with Gasteiger partial charge < -0.3 is 5.32 Å². The van der Waals surface area contributed by atoms with Crippen molar-refractivity contribution in [2.45, 2.75) is 56.6 Å². The highest BCUT2D eigenvalue weighted by Gasteiger charge is 2.21. The van der Waals surface area contributed by atoms with E-state index in [2.05, 4.69) is 11.4 Å². The minimum absolute atomic E-state index is 0.226. The molecular weight excluding hydrogens is 230 g/mol. The van der Waals surface area contributed by atoms with Crippen LogP contribution >= 0.6 is 11.8 Å². The van der Waals surface area contributed by atoms with Crippen LogP contribution in [-0.4, -0.2) is 23.5 Å². The van der Waals surface area contributed by atoms with Gasteiger partial charge in [-0.2, -0.15) is 0 Å². The number of thioether (sulfide) groups is 1. The summed E-state index contributed by atoms with van der Waals surface area (Å²) in [5, 5.41) is 3.33. The third kappa shape index (κ3) is 4.38. The van der Waals surface area contributed by atoms with Crippen molar-refractivity contribution < 1.29 is 4.79 Å². The summed E-state index contributed by atoms with van der Waals surface area (Å²) in [7, 11) is 0. The molecule has 0 spiro atoms. The monoisotopic (exact) mass is 253 g/mol. The van der Waals surface area contributed by atoms with Crippen molar-refractivity contribution >= 4 is 17.7 Å². The SMILES string of the molecule is O=C(NCCC1=CCCCC1)C1CCCCS1. The van der Waals surface area contributed by atoms with Crippen molar-refractivity contribution in [3.63, 3.8) is 0 Å². The number of nitrogens with one attached hydrogen (secondary N) is 1. The lowest BCUT2D eigenvalue weighted by Gasteiger charge is -2.20. The van der Waals surface area contributed by atoms with Crippen molar-refractivity contribution in [1.82, 2.24) is 5.32 Å². The Morgan fingerprint density at radius 2 is 2.29 bits per heavy atom. The Morgan fingerprint density at radius 1 is 1.35 bits per heavy atom. The molecule has 0 radical (unpaired) electrons. The van der Waals surface area contributed by atoms with Crippen LogP contribution in [0.5, 0.6) is 0 Å². The summed E-state index contributed by atoms with van der Waals surface area (Å²) in [5.74, 6) is 1.43. The molecule has 2 aliphatic rings. The molecule has 1 amide bonds. The molecular formula is C14H23NOS. The van der Waals surface area contributed by atoms with E-state index in [1.54, 1.807) is 5.57 Å². The molecule has 1 aliphatic carbocycles. The Morgan fingerprint density at radius 3 is 3.00 bits per heavy atom. The highest BCUT2D eigenvalue weighted by Crippen LogP contribution is 2.25. The van der Waals surface area contributed by atoms with Crippen molar-refractivity contribution in [3.05, 3.63) is 11.6 Å². The summed E-state index contributed by atoms with van der Waals surface area (Å²) in [6, 6.07) is 0. The minimum atomic E-state index is 0.226. The van der Waals surface area contributed by atoms with Crippen LogP contribution in [0.4, 0.5) is 0 Å².